The topological polar surface area (TPSA) is 66.6 Å². The minimum atomic E-state index is -0.656. The molecule has 14 heavy (non-hydrogen) atoms. The molecule has 1 aliphatic heterocycles. The highest BCUT2D eigenvalue weighted by atomic mass is 16.4. The maximum atomic E-state index is 10.7. The van der Waals surface area contributed by atoms with Crippen LogP contribution in [0, 0.1) is 5.92 Å². The first-order valence-electron chi connectivity index (χ1n) is 5.12. The van der Waals surface area contributed by atoms with Crippen molar-refractivity contribution in [1.29, 1.82) is 0 Å². The van der Waals surface area contributed by atoms with Gasteiger partial charge in [-0.15, -0.1) is 0 Å². The van der Waals surface area contributed by atoms with E-state index < -0.39 is 5.97 Å². The molecule has 1 fully saturated rings. The van der Waals surface area contributed by atoms with Crippen molar-refractivity contribution < 1.29 is 9.90 Å². The summed E-state index contributed by atoms with van der Waals surface area (Å²) in [6, 6.07) is 0. The van der Waals surface area contributed by atoms with Crippen LogP contribution in [0.15, 0.2) is 0 Å². The fraction of sp³-hybridized carbons (Fsp3) is 0.900. The summed E-state index contributed by atoms with van der Waals surface area (Å²) in [6.45, 7) is 6.56. The summed E-state index contributed by atoms with van der Waals surface area (Å²) < 4.78 is 0. The van der Waals surface area contributed by atoms with Crippen molar-refractivity contribution in [2.24, 2.45) is 11.7 Å². The van der Waals surface area contributed by atoms with Gasteiger partial charge < -0.3 is 15.7 Å². The molecule has 1 aliphatic rings. The molecule has 4 nitrogen and oxygen atoms in total. The van der Waals surface area contributed by atoms with Crippen molar-refractivity contribution in [2.45, 2.75) is 32.2 Å². The summed E-state index contributed by atoms with van der Waals surface area (Å²) in [5, 5.41) is 8.81. The zero-order chi connectivity index (χ0) is 10.8. The average Bonchev–Trinajstić information content (AvgIpc) is 2.02. The summed E-state index contributed by atoms with van der Waals surface area (Å²) >= 11 is 0. The van der Waals surface area contributed by atoms with E-state index in [0.717, 1.165) is 32.5 Å². The predicted molar refractivity (Wildman–Crippen MR) is 55.1 cm³/mol. The van der Waals surface area contributed by atoms with Crippen LogP contribution in [0.25, 0.3) is 0 Å². The number of aliphatic carboxylic acids is 1. The van der Waals surface area contributed by atoms with E-state index in [1.807, 2.05) is 13.8 Å². The van der Waals surface area contributed by atoms with E-state index in [4.69, 9.17) is 10.8 Å². The highest BCUT2D eigenvalue weighted by Gasteiger charge is 2.26. The van der Waals surface area contributed by atoms with Gasteiger partial charge in [0, 0.05) is 12.1 Å². The Morgan fingerprint density at radius 1 is 1.50 bits per heavy atom. The molecule has 0 atom stereocenters. The van der Waals surface area contributed by atoms with Crippen LogP contribution in [0.3, 0.4) is 0 Å². The molecule has 0 saturated carbocycles. The second-order valence-electron chi connectivity index (χ2n) is 4.88. The Kier molecular flexibility index (Phi) is 3.50. The Balaban J connectivity index is 2.33. The fourth-order valence-corrected chi connectivity index (χ4v) is 1.91. The zero-order valence-corrected chi connectivity index (χ0v) is 8.99. The molecular formula is C10H20N2O2. The SMILES string of the molecule is CC(C)(N)CN1CCC(C(=O)O)CC1. The Morgan fingerprint density at radius 2 is 2.00 bits per heavy atom. The Morgan fingerprint density at radius 3 is 2.36 bits per heavy atom. The predicted octanol–water partition coefficient (Wildman–Crippen LogP) is 0.520. The molecule has 0 amide bonds. The standard InChI is InChI=1S/C10H20N2O2/c1-10(2,11)7-12-5-3-8(4-6-12)9(13)14/h8H,3-7,11H2,1-2H3,(H,13,14). The summed E-state index contributed by atoms with van der Waals surface area (Å²) in [5.74, 6) is -0.802. The molecule has 4 heteroatoms. The molecule has 1 saturated heterocycles. The molecule has 0 radical (unpaired) electrons. The molecule has 0 aromatic rings. The van der Waals surface area contributed by atoms with Gasteiger partial charge in [-0.1, -0.05) is 0 Å². The van der Waals surface area contributed by atoms with Crippen molar-refractivity contribution >= 4 is 5.97 Å². The lowest BCUT2D eigenvalue weighted by atomic mass is 9.95. The van der Waals surface area contributed by atoms with Crippen molar-refractivity contribution in [3.63, 3.8) is 0 Å². The number of nitrogens with zero attached hydrogens (tertiary/aromatic N) is 1. The number of carboxylic acids is 1. The van der Waals surface area contributed by atoms with Crippen molar-refractivity contribution in [3.05, 3.63) is 0 Å². The van der Waals surface area contributed by atoms with Crippen LogP contribution < -0.4 is 5.73 Å². The van der Waals surface area contributed by atoms with E-state index in [1.165, 1.54) is 0 Å². The van der Waals surface area contributed by atoms with Gasteiger partial charge in [0.25, 0.3) is 0 Å². The minimum Gasteiger partial charge on any atom is -0.481 e. The summed E-state index contributed by atoms with van der Waals surface area (Å²) in [6.07, 6.45) is 1.51. The van der Waals surface area contributed by atoms with Crippen molar-refractivity contribution in [2.75, 3.05) is 19.6 Å². The third-order valence-corrected chi connectivity index (χ3v) is 2.57. The lowest BCUT2D eigenvalue weighted by Gasteiger charge is -2.34. The van der Waals surface area contributed by atoms with Crippen LogP contribution in [0.1, 0.15) is 26.7 Å². The molecule has 0 bridgehead atoms. The number of likely N-dealkylation sites (tertiary alicyclic amines) is 1. The van der Waals surface area contributed by atoms with E-state index in [2.05, 4.69) is 4.90 Å². The number of piperidine rings is 1. The third-order valence-electron chi connectivity index (χ3n) is 2.57. The number of rotatable bonds is 3. The second-order valence-corrected chi connectivity index (χ2v) is 4.88. The molecule has 0 unspecified atom stereocenters. The molecular weight excluding hydrogens is 180 g/mol. The van der Waals surface area contributed by atoms with Crippen LogP contribution in [-0.4, -0.2) is 41.1 Å². The van der Waals surface area contributed by atoms with Gasteiger partial charge in [-0.05, 0) is 39.8 Å². The summed E-state index contributed by atoms with van der Waals surface area (Å²) in [7, 11) is 0. The lowest BCUT2D eigenvalue weighted by Crippen LogP contribution is -2.48. The number of hydrogen-bond donors (Lipinski definition) is 2. The van der Waals surface area contributed by atoms with Crippen LogP contribution >= 0.6 is 0 Å². The van der Waals surface area contributed by atoms with E-state index in [0.29, 0.717) is 0 Å². The quantitative estimate of drug-likeness (QED) is 0.697. The summed E-state index contributed by atoms with van der Waals surface area (Å²) in [5.41, 5.74) is 5.72. The van der Waals surface area contributed by atoms with Gasteiger partial charge in [0.2, 0.25) is 0 Å². The number of carboxylic acid groups (broad SMARTS) is 1. The molecule has 0 aromatic carbocycles. The largest absolute Gasteiger partial charge is 0.481 e. The maximum absolute atomic E-state index is 10.7. The van der Waals surface area contributed by atoms with Crippen molar-refractivity contribution in [1.82, 2.24) is 4.90 Å². The third kappa shape index (κ3) is 3.64. The average molecular weight is 200 g/mol. The van der Waals surface area contributed by atoms with Crippen molar-refractivity contribution in [3.8, 4) is 0 Å². The lowest BCUT2D eigenvalue weighted by molar-refractivity contribution is -0.143. The molecule has 82 valence electrons. The monoisotopic (exact) mass is 200 g/mol. The second kappa shape index (κ2) is 4.28. The molecule has 3 N–H and O–H groups in total. The smallest absolute Gasteiger partial charge is 0.306 e. The maximum Gasteiger partial charge on any atom is 0.306 e. The van der Waals surface area contributed by atoms with Gasteiger partial charge >= 0.3 is 5.97 Å². The Labute approximate surface area is 85.1 Å². The van der Waals surface area contributed by atoms with Gasteiger partial charge in [0.05, 0.1) is 5.92 Å². The van der Waals surface area contributed by atoms with Crippen LogP contribution in [0.5, 0.6) is 0 Å². The Bertz CT molecular complexity index is 203. The first-order valence-corrected chi connectivity index (χ1v) is 5.12. The van der Waals surface area contributed by atoms with Gasteiger partial charge in [0.15, 0.2) is 0 Å². The van der Waals surface area contributed by atoms with Gasteiger partial charge in [-0.2, -0.15) is 0 Å². The van der Waals surface area contributed by atoms with Gasteiger partial charge in [-0.3, -0.25) is 4.79 Å². The number of hydrogen-bond acceptors (Lipinski definition) is 3. The van der Waals surface area contributed by atoms with E-state index in [-0.39, 0.29) is 11.5 Å². The molecule has 1 heterocycles. The highest BCUT2D eigenvalue weighted by Crippen LogP contribution is 2.18. The van der Waals surface area contributed by atoms with Gasteiger partial charge in [0.1, 0.15) is 0 Å². The van der Waals surface area contributed by atoms with Crippen LogP contribution in [0.2, 0.25) is 0 Å². The Hall–Kier alpha value is -0.610. The first-order chi connectivity index (χ1) is 6.38. The van der Waals surface area contributed by atoms with Crippen LogP contribution in [-0.2, 0) is 4.79 Å². The normalized spacial score (nSPS) is 21.1. The van der Waals surface area contributed by atoms with E-state index in [1.54, 1.807) is 0 Å². The molecule has 0 aliphatic carbocycles. The molecule has 1 rings (SSSR count). The van der Waals surface area contributed by atoms with E-state index >= 15 is 0 Å². The number of nitrogens with two attached hydrogens (primary N) is 1. The first kappa shape index (κ1) is 11.5. The molecule has 0 spiro atoms. The van der Waals surface area contributed by atoms with Crippen LogP contribution in [0.4, 0.5) is 0 Å². The van der Waals surface area contributed by atoms with Gasteiger partial charge in [-0.25, -0.2) is 0 Å². The summed E-state index contributed by atoms with van der Waals surface area (Å²) in [4.78, 5) is 13.0. The molecule has 0 aromatic heterocycles. The highest BCUT2D eigenvalue weighted by molar-refractivity contribution is 5.70. The zero-order valence-electron chi connectivity index (χ0n) is 8.99. The number of carbonyl (C=O) groups is 1. The fourth-order valence-electron chi connectivity index (χ4n) is 1.91. The minimum absolute atomic E-state index is 0.146. The van der Waals surface area contributed by atoms with E-state index in [9.17, 15) is 4.79 Å².